The Hall–Kier alpha value is -2.63. The summed E-state index contributed by atoms with van der Waals surface area (Å²) < 4.78 is 0. The molecule has 0 aliphatic carbocycles. The second-order valence-electron chi connectivity index (χ2n) is 4.82. The molecule has 0 bridgehead atoms. The minimum Gasteiger partial charge on any atom is -0.158 e. The molecule has 3 heteroatoms. The molecule has 0 aliphatic rings. The lowest BCUT2D eigenvalue weighted by atomic mass is 9.97. The number of nitrogens with zero attached hydrogens (tertiary/aromatic N) is 2. The van der Waals surface area contributed by atoms with Crippen molar-refractivity contribution >= 4 is 11.6 Å². The predicted molar refractivity (Wildman–Crippen MR) is 89.6 cm³/mol. The highest BCUT2D eigenvalue weighted by atomic mass is 35.5. The van der Waals surface area contributed by atoms with E-state index in [4.69, 9.17) is 11.6 Å². The van der Waals surface area contributed by atoms with E-state index in [1.165, 1.54) is 11.1 Å². The second-order valence-corrected chi connectivity index (χ2v) is 5.23. The lowest BCUT2D eigenvalue weighted by molar-refractivity contribution is 1.01. The molecule has 3 aromatic rings. The first-order valence-corrected chi connectivity index (χ1v) is 7.28. The Morgan fingerprint density at radius 1 is 0.909 bits per heavy atom. The van der Waals surface area contributed by atoms with E-state index in [9.17, 15) is 0 Å². The van der Waals surface area contributed by atoms with Gasteiger partial charge in [0.15, 0.2) is 5.69 Å². The Bertz CT molecular complexity index is 861. The van der Waals surface area contributed by atoms with Crippen molar-refractivity contribution in [3.8, 4) is 23.0 Å². The molecule has 2 nitrogen and oxygen atoms in total. The molecule has 22 heavy (non-hydrogen) atoms. The molecule has 1 heterocycles. The van der Waals surface area contributed by atoms with Crippen molar-refractivity contribution in [1.82, 2.24) is 10.2 Å². The van der Waals surface area contributed by atoms with Gasteiger partial charge in [0.25, 0.3) is 0 Å². The molecule has 0 N–H and O–H groups in total. The van der Waals surface area contributed by atoms with Gasteiger partial charge in [-0.05, 0) is 41.7 Å². The molecule has 0 aliphatic heterocycles. The first-order valence-electron chi connectivity index (χ1n) is 6.90. The van der Waals surface area contributed by atoms with Gasteiger partial charge < -0.3 is 0 Å². The molecule has 0 amide bonds. The van der Waals surface area contributed by atoms with E-state index >= 15 is 0 Å². The molecule has 3 rings (SSSR count). The summed E-state index contributed by atoms with van der Waals surface area (Å²) in [5.41, 5.74) is 4.96. The van der Waals surface area contributed by atoms with Crippen LogP contribution in [0.15, 0.2) is 60.8 Å². The third kappa shape index (κ3) is 3.00. The molecule has 0 atom stereocenters. The molecule has 0 saturated heterocycles. The minimum atomic E-state index is 0.494. The van der Waals surface area contributed by atoms with Crippen LogP contribution >= 0.6 is 11.6 Å². The predicted octanol–water partition coefficient (Wildman–Crippen LogP) is 4.51. The van der Waals surface area contributed by atoms with Crippen molar-refractivity contribution in [3.63, 3.8) is 0 Å². The van der Waals surface area contributed by atoms with E-state index in [1.807, 2.05) is 30.3 Å². The normalized spacial score (nSPS) is 9.91. The molecule has 0 saturated carbocycles. The van der Waals surface area contributed by atoms with Crippen LogP contribution in [0.1, 0.15) is 16.8 Å². The second kappa shape index (κ2) is 6.43. The van der Waals surface area contributed by atoms with Crippen LogP contribution in [0.3, 0.4) is 0 Å². The Kier molecular flexibility index (Phi) is 4.18. The maximum atomic E-state index is 6.05. The summed E-state index contributed by atoms with van der Waals surface area (Å²) in [6, 6.07) is 18.1. The van der Waals surface area contributed by atoms with E-state index in [0.717, 1.165) is 11.1 Å². The lowest BCUT2D eigenvalue weighted by Crippen LogP contribution is -1.90. The first kappa shape index (κ1) is 14.3. The van der Waals surface area contributed by atoms with E-state index < -0.39 is 0 Å². The molecular formula is C19H13ClN2. The molecule has 106 valence electrons. The fourth-order valence-electron chi connectivity index (χ4n) is 2.23. The monoisotopic (exact) mass is 304 g/mol. The summed E-state index contributed by atoms with van der Waals surface area (Å²) in [5, 5.41) is 8.27. The number of benzene rings is 2. The average molecular weight is 305 g/mol. The van der Waals surface area contributed by atoms with Crippen LogP contribution in [0.2, 0.25) is 5.02 Å². The van der Waals surface area contributed by atoms with Gasteiger partial charge in [-0.1, -0.05) is 60.0 Å². The van der Waals surface area contributed by atoms with Gasteiger partial charge >= 0.3 is 0 Å². The number of hydrogen-bond donors (Lipinski definition) is 0. The topological polar surface area (TPSA) is 25.8 Å². The maximum Gasteiger partial charge on any atom is 0.154 e. The zero-order chi connectivity index (χ0) is 15.4. The Balaban J connectivity index is 2.02. The highest BCUT2D eigenvalue weighted by Gasteiger charge is 2.04. The summed E-state index contributed by atoms with van der Waals surface area (Å²) in [4.78, 5) is 0. The quantitative estimate of drug-likeness (QED) is 0.618. The number of hydrogen-bond acceptors (Lipinski definition) is 2. The highest BCUT2D eigenvalue weighted by molar-refractivity contribution is 6.31. The van der Waals surface area contributed by atoms with Gasteiger partial charge in [-0.25, -0.2) is 0 Å². The summed E-state index contributed by atoms with van der Waals surface area (Å²) in [6.45, 7) is 2.07. The Morgan fingerprint density at radius 3 is 2.50 bits per heavy atom. The number of aromatic nitrogens is 2. The van der Waals surface area contributed by atoms with Crippen LogP contribution in [0.5, 0.6) is 0 Å². The molecule has 0 unspecified atom stereocenters. The van der Waals surface area contributed by atoms with Crippen LogP contribution in [-0.4, -0.2) is 10.2 Å². The van der Waals surface area contributed by atoms with Gasteiger partial charge in [0.05, 0.1) is 11.2 Å². The van der Waals surface area contributed by atoms with Gasteiger partial charge in [0.1, 0.15) is 0 Å². The van der Waals surface area contributed by atoms with E-state index in [0.29, 0.717) is 10.7 Å². The minimum absolute atomic E-state index is 0.494. The van der Waals surface area contributed by atoms with E-state index in [-0.39, 0.29) is 0 Å². The van der Waals surface area contributed by atoms with Crippen LogP contribution < -0.4 is 0 Å². The van der Waals surface area contributed by atoms with Gasteiger partial charge in [0, 0.05) is 5.56 Å². The summed E-state index contributed by atoms with van der Waals surface area (Å²) in [7, 11) is 0. The number of rotatable bonds is 1. The third-order valence-corrected chi connectivity index (χ3v) is 3.71. The summed E-state index contributed by atoms with van der Waals surface area (Å²) >= 11 is 6.05. The van der Waals surface area contributed by atoms with E-state index in [1.54, 1.807) is 12.3 Å². The van der Waals surface area contributed by atoms with Crippen LogP contribution in [0.25, 0.3) is 11.1 Å². The zero-order valence-electron chi connectivity index (χ0n) is 12.0. The third-order valence-electron chi connectivity index (χ3n) is 3.41. The van der Waals surface area contributed by atoms with Crippen molar-refractivity contribution in [2.24, 2.45) is 0 Å². The van der Waals surface area contributed by atoms with Crippen LogP contribution in [-0.2, 0) is 0 Å². The maximum absolute atomic E-state index is 6.05. The zero-order valence-corrected chi connectivity index (χ0v) is 12.8. The van der Waals surface area contributed by atoms with Crippen LogP contribution in [0, 0.1) is 18.8 Å². The number of halogens is 1. The standard InChI is InChI=1S/C19H13ClN2/c1-14-15(10-11-19-18(20)12-13-21-22-19)8-5-9-17(14)16-6-3-2-4-7-16/h2-9,12-13H,1H3. The summed E-state index contributed by atoms with van der Waals surface area (Å²) in [6.07, 6.45) is 1.55. The van der Waals surface area contributed by atoms with Crippen molar-refractivity contribution in [2.45, 2.75) is 6.92 Å². The average Bonchev–Trinajstić information content (AvgIpc) is 2.56. The Morgan fingerprint density at radius 2 is 1.73 bits per heavy atom. The molecule has 0 spiro atoms. The SMILES string of the molecule is Cc1c(C#Cc2nnccc2Cl)cccc1-c1ccccc1. The smallest absolute Gasteiger partial charge is 0.154 e. The molecular weight excluding hydrogens is 292 g/mol. The van der Waals surface area contributed by atoms with Crippen LogP contribution in [0.4, 0.5) is 0 Å². The molecule has 2 aromatic carbocycles. The summed E-state index contributed by atoms with van der Waals surface area (Å²) in [5.74, 6) is 6.14. The Labute approximate surface area is 134 Å². The fourth-order valence-corrected chi connectivity index (χ4v) is 2.37. The molecule has 1 aromatic heterocycles. The van der Waals surface area contributed by atoms with Crippen molar-refractivity contribution in [1.29, 1.82) is 0 Å². The molecule has 0 fully saturated rings. The van der Waals surface area contributed by atoms with Gasteiger partial charge in [-0.2, -0.15) is 5.10 Å². The fraction of sp³-hybridized carbons (Fsp3) is 0.0526. The van der Waals surface area contributed by atoms with Crippen molar-refractivity contribution in [2.75, 3.05) is 0 Å². The largest absolute Gasteiger partial charge is 0.158 e. The molecule has 0 radical (unpaired) electrons. The van der Waals surface area contributed by atoms with Crippen molar-refractivity contribution < 1.29 is 0 Å². The highest BCUT2D eigenvalue weighted by Crippen LogP contribution is 2.25. The van der Waals surface area contributed by atoms with Gasteiger partial charge in [-0.3, -0.25) is 0 Å². The first-order chi connectivity index (χ1) is 10.8. The van der Waals surface area contributed by atoms with Gasteiger partial charge in [-0.15, -0.1) is 5.10 Å². The lowest BCUT2D eigenvalue weighted by Gasteiger charge is -2.07. The van der Waals surface area contributed by atoms with Gasteiger partial charge in [0.2, 0.25) is 0 Å². The van der Waals surface area contributed by atoms with E-state index in [2.05, 4.69) is 47.2 Å². The van der Waals surface area contributed by atoms with Crippen molar-refractivity contribution in [3.05, 3.63) is 82.6 Å².